The third kappa shape index (κ3) is 6.46. The first kappa shape index (κ1) is 22.6. The topological polar surface area (TPSA) is 83.0 Å². The fourth-order valence-corrected chi connectivity index (χ4v) is 4.85. The summed E-state index contributed by atoms with van der Waals surface area (Å²) >= 11 is 2.42. The number of carboxylic acid groups (broad SMARTS) is 1. The molecule has 0 saturated carbocycles. The van der Waals surface area contributed by atoms with Gasteiger partial charge in [-0.2, -0.15) is 0 Å². The third-order valence-corrected chi connectivity index (χ3v) is 6.47. The highest BCUT2D eigenvalue weighted by Gasteiger charge is 2.26. The number of thiazole rings is 1. The predicted octanol–water partition coefficient (Wildman–Crippen LogP) is 2.81. The maximum absolute atomic E-state index is 13.9. The van der Waals surface area contributed by atoms with Gasteiger partial charge in [-0.25, -0.2) is 13.8 Å². The van der Waals surface area contributed by atoms with Crippen LogP contribution in [0.25, 0.3) is 0 Å². The highest BCUT2D eigenvalue weighted by atomic mass is 32.2. The minimum Gasteiger partial charge on any atom is -0.481 e. The van der Waals surface area contributed by atoms with Crippen molar-refractivity contribution in [3.8, 4) is 0 Å². The molecule has 2 heterocycles. The van der Waals surface area contributed by atoms with E-state index < -0.39 is 17.6 Å². The number of amides is 1. The van der Waals surface area contributed by atoms with Gasteiger partial charge in [0.15, 0.2) is 4.34 Å². The number of hydrogen-bond donors (Lipinski definition) is 1. The molecule has 0 unspecified atom stereocenters. The molecular formula is C19H21F2N3O4S2. The van der Waals surface area contributed by atoms with Crippen LogP contribution in [0.3, 0.4) is 0 Å². The number of aliphatic carboxylic acids is 1. The molecule has 30 heavy (non-hydrogen) atoms. The first-order valence-corrected chi connectivity index (χ1v) is 10.9. The lowest BCUT2D eigenvalue weighted by Crippen LogP contribution is -2.46. The summed E-state index contributed by atoms with van der Waals surface area (Å²) in [5.74, 6) is -2.34. The highest BCUT2D eigenvalue weighted by Crippen LogP contribution is 2.27. The van der Waals surface area contributed by atoms with E-state index in [1.165, 1.54) is 34.7 Å². The van der Waals surface area contributed by atoms with Crippen molar-refractivity contribution in [3.05, 3.63) is 46.5 Å². The average molecular weight is 458 g/mol. The average Bonchev–Trinajstić information content (AvgIpc) is 3.10. The molecule has 1 fully saturated rings. The fourth-order valence-electron chi connectivity index (χ4n) is 3.00. The molecule has 0 radical (unpaired) electrons. The Kier molecular flexibility index (Phi) is 7.75. The van der Waals surface area contributed by atoms with Crippen molar-refractivity contribution in [2.75, 3.05) is 26.2 Å². The Morgan fingerprint density at radius 1 is 1.43 bits per heavy atom. The quantitative estimate of drug-likeness (QED) is 0.611. The number of aromatic nitrogens is 1. The van der Waals surface area contributed by atoms with Gasteiger partial charge in [0.2, 0.25) is 5.91 Å². The summed E-state index contributed by atoms with van der Waals surface area (Å²) in [5, 5.41) is 10.5. The number of halogens is 2. The van der Waals surface area contributed by atoms with Gasteiger partial charge in [0.05, 0.1) is 31.4 Å². The molecule has 1 atom stereocenters. The Morgan fingerprint density at radius 2 is 2.23 bits per heavy atom. The number of carbonyl (C=O) groups excluding carboxylic acids is 1. The van der Waals surface area contributed by atoms with E-state index in [-0.39, 0.29) is 18.4 Å². The zero-order chi connectivity index (χ0) is 21.7. The van der Waals surface area contributed by atoms with Crippen LogP contribution >= 0.6 is 23.3 Å². The summed E-state index contributed by atoms with van der Waals surface area (Å²) in [5.41, 5.74) is 0.850. The maximum atomic E-state index is 13.9. The summed E-state index contributed by atoms with van der Waals surface area (Å²) in [6, 6.07) is 3.54. The maximum Gasteiger partial charge on any atom is 0.309 e. The minimum absolute atomic E-state index is 0.169. The molecule has 0 bridgehead atoms. The Morgan fingerprint density at radius 3 is 2.93 bits per heavy atom. The molecule has 1 saturated heterocycles. The number of nitrogens with zero attached hydrogens (tertiary/aromatic N) is 3. The number of hydrogen-bond acceptors (Lipinski definition) is 7. The number of benzene rings is 1. The van der Waals surface area contributed by atoms with Crippen molar-refractivity contribution >= 4 is 35.2 Å². The number of carboxylic acids is 1. The molecule has 162 valence electrons. The fraction of sp³-hybridized carbons (Fsp3) is 0.421. The van der Waals surface area contributed by atoms with Crippen LogP contribution in [0.5, 0.6) is 0 Å². The second kappa shape index (κ2) is 10.3. The second-order valence-corrected chi connectivity index (χ2v) is 8.94. The van der Waals surface area contributed by atoms with Gasteiger partial charge in [0.25, 0.3) is 0 Å². The van der Waals surface area contributed by atoms with Gasteiger partial charge in [0.1, 0.15) is 11.6 Å². The van der Waals surface area contributed by atoms with E-state index in [1.54, 1.807) is 5.38 Å². The Balaban J connectivity index is 1.58. The van der Waals surface area contributed by atoms with Crippen molar-refractivity contribution in [1.29, 1.82) is 0 Å². The minimum atomic E-state index is -0.964. The largest absolute Gasteiger partial charge is 0.481 e. The Labute approximate surface area is 180 Å². The molecule has 1 aliphatic rings. The molecule has 1 amide bonds. The van der Waals surface area contributed by atoms with E-state index in [9.17, 15) is 18.4 Å². The summed E-state index contributed by atoms with van der Waals surface area (Å²) in [4.78, 5) is 29.1. The lowest BCUT2D eigenvalue weighted by molar-refractivity contribution is -0.136. The van der Waals surface area contributed by atoms with Crippen LogP contribution in [0.1, 0.15) is 18.2 Å². The van der Waals surface area contributed by atoms with Gasteiger partial charge in [0, 0.05) is 55.5 Å². The number of carbonyl (C=O) groups is 2. The van der Waals surface area contributed by atoms with Gasteiger partial charge in [-0.15, -0.1) is 11.3 Å². The summed E-state index contributed by atoms with van der Waals surface area (Å²) in [6.45, 7) is 3.59. The first-order chi connectivity index (χ1) is 14.3. The van der Waals surface area contributed by atoms with E-state index in [2.05, 4.69) is 4.98 Å². The summed E-state index contributed by atoms with van der Waals surface area (Å²) in [6.07, 6.45) is -0.449. The van der Waals surface area contributed by atoms with Gasteiger partial charge in [-0.3, -0.25) is 18.8 Å². The van der Waals surface area contributed by atoms with Crippen molar-refractivity contribution in [2.45, 2.75) is 30.3 Å². The van der Waals surface area contributed by atoms with E-state index in [0.717, 1.165) is 18.0 Å². The standard InChI is InChI=1S/C19H21F2N3O4S2/c1-12(25)24(30-19-22-15(11-29-19)7-18(26)27)10-16-9-23(4-5-28-16)8-13-2-3-14(20)6-17(13)21/h2-3,6,11,16H,4-5,7-10H2,1H3,(H,26,27)/t16-/m0/s1. The van der Waals surface area contributed by atoms with Crippen molar-refractivity contribution in [2.24, 2.45) is 0 Å². The lowest BCUT2D eigenvalue weighted by Gasteiger charge is -2.35. The van der Waals surface area contributed by atoms with E-state index in [0.29, 0.717) is 48.4 Å². The molecule has 11 heteroatoms. The van der Waals surface area contributed by atoms with Gasteiger partial charge < -0.3 is 9.84 Å². The van der Waals surface area contributed by atoms with E-state index in [1.807, 2.05) is 4.90 Å². The van der Waals surface area contributed by atoms with Gasteiger partial charge >= 0.3 is 5.97 Å². The Hall–Kier alpha value is -2.08. The molecule has 3 rings (SSSR count). The zero-order valence-electron chi connectivity index (χ0n) is 16.2. The van der Waals surface area contributed by atoms with E-state index in [4.69, 9.17) is 9.84 Å². The van der Waals surface area contributed by atoms with Crippen LogP contribution < -0.4 is 0 Å². The van der Waals surface area contributed by atoms with Gasteiger partial charge in [-0.05, 0) is 6.07 Å². The second-order valence-electron chi connectivity index (χ2n) is 6.81. The molecule has 0 aliphatic carbocycles. The number of morpholine rings is 1. The SMILES string of the molecule is CC(=O)N(C[C@@H]1CN(Cc2ccc(F)cc2F)CCO1)Sc1nc(CC(=O)O)cs1. The molecule has 7 nitrogen and oxygen atoms in total. The molecule has 1 aromatic heterocycles. The van der Waals surface area contributed by atoms with Crippen LogP contribution in [0.4, 0.5) is 8.78 Å². The summed E-state index contributed by atoms with van der Waals surface area (Å²) < 4.78 is 34.9. The van der Waals surface area contributed by atoms with Crippen molar-refractivity contribution in [1.82, 2.24) is 14.2 Å². The molecule has 1 aromatic carbocycles. The molecule has 2 aromatic rings. The van der Waals surface area contributed by atoms with Crippen LogP contribution in [-0.2, 0) is 27.3 Å². The molecule has 0 spiro atoms. The Bertz CT molecular complexity index is 912. The normalized spacial score (nSPS) is 17.1. The van der Waals surface area contributed by atoms with Gasteiger partial charge in [-0.1, -0.05) is 6.07 Å². The monoisotopic (exact) mass is 457 g/mol. The first-order valence-electron chi connectivity index (χ1n) is 9.20. The molecular weight excluding hydrogens is 436 g/mol. The van der Waals surface area contributed by atoms with Crippen LogP contribution in [0.2, 0.25) is 0 Å². The molecule has 1 aliphatic heterocycles. The van der Waals surface area contributed by atoms with E-state index >= 15 is 0 Å². The molecule has 1 N–H and O–H groups in total. The summed E-state index contributed by atoms with van der Waals surface area (Å²) in [7, 11) is 0. The van der Waals surface area contributed by atoms with Crippen molar-refractivity contribution in [3.63, 3.8) is 0 Å². The smallest absolute Gasteiger partial charge is 0.309 e. The zero-order valence-corrected chi connectivity index (χ0v) is 17.8. The number of ether oxygens (including phenoxy) is 1. The highest BCUT2D eigenvalue weighted by molar-refractivity contribution is 7.99. The van der Waals surface area contributed by atoms with Crippen LogP contribution in [-0.4, -0.2) is 63.5 Å². The third-order valence-electron chi connectivity index (χ3n) is 4.40. The lowest BCUT2D eigenvalue weighted by atomic mass is 10.1. The predicted molar refractivity (Wildman–Crippen MR) is 108 cm³/mol. The van der Waals surface area contributed by atoms with Crippen LogP contribution in [0.15, 0.2) is 27.9 Å². The van der Waals surface area contributed by atoms with Crippen molar-refractivity contribution < 1.29 is 28.2 Å². The number of rotatable bonds is 8. The van der Waals surface area contributed by atoms with Crippen LogP contribution in [0, 0.1) is 11.6 Å².